The molecule has 0 radical (unpaired) electrons. The van der Waals surface area contributed by atoms with E-state index in [9.17, 15) is 0 Å². The van der Waals surface area contributed by atoms with E-state index in [2.05, 4.69) is 11.4 Å². The third kappa shape index (κ3) is 1.86. The Hall–Kier alpha value is -0.550. The monoisotopic (exact) mass is 218 g/mol. The van der Waals surface area contributed by atoms with Crippen LogP contribution in [0.5, 0.6) is 0 Å². The molecule has 0 aromatic heterocycles. The van der Waals surface area contributed by atoms with Crippen molar-refractivity contribution in [2.75, 3.05) is 13.1 Å². The molecule has 0 aliphatic heterocycles. The van der Waals surface area contributed by atoms with Crippen molar-refractivity contribution in [3.8, 4) is 6.07 Å². The summed E-state index contributed by atoms with van der Waals surface area (Å²) in [5.41, 5.74) is 0.678. The average molecular weight is 218 g/mol. The lowest BCUT2D eigenvalue weighted by Crippen LogP contribution is -2.47. The Morgan fingerprint density at radius 3 is 2.12 bits per heavy atom. The molecule has 0 saturated heterocycles. The van der Waals surface area contributed by atoms with Crippen molar-refractivity contribution >= 4 is 0 Å². The summed E-state index contributed by atoms with van der Waals surface area (Å²) in [6.07, 6.45) is 10.4. The molecule has 4 aliphatic rings. The quantitative estimate of drug-likeness (QED) is 0.581. The van der Waals surface area contributed by atoms with E-state index in [1.54, 1.807) is 0 Å². The first kappa shape index (κ1) is 10.6. The van der Waals surface area contributed by atoms with Crippen LogP contribution in [0.1, 0.15) is 44.9 Å². The van der Waals surface area contributed by atoms with Crippen LogP contribution >= 0.6 is 0 Å². The molecule has 4 rings (SSSR count). The fraction of sp³-hybridized carbons (Fsp3) is 0.929. The summed E-state index contributed by atoms with van der Waals surface area (Å²) in [7, 11) is 0. The molecule has 0 heterocycles. The SMILES string of the molecule is N#CCNCCC12CC3CC(CC(C3)C1)C2. The van der Waals surface area contributed by atoms with E-state index in [1.807, 2.05) is 0 Å². The van der Waals surface area contributed by atoms with Crippen molar-refractivity contribution in [3.63, 3.8) is 0 Å². The molecule has 88 valence electrons. The maximum atomic E-state index is 8.51. The molecule has 0 unspecified atom stereocenters. The lowest BCUT2D eigenvalue weighted by molar-refractivity contribution is -0.0566. The smallest absolute Gasteiger partial charge is 0.0840 e. The van der Waals surface area contributed by atoms with Crippen molar-refractivity contribution < 1.29 is 0 Å². The maximum absolute atomic E-state index is 8.51. The minimum absolute atomic E-state index is 0.520. The summed E-state index contributed by atoms with van der Waals surface area (Å²) in [5, 5.41) is 11.8. The summed E-state index contributed by atoms with van der Waals surface area (Å²) in [6, 6.07) is 2.17. The molecule has 4 fully saturated rings. The van der Waals surface area contributed by atoms with E-state index < -0.39 is 0 Å². The third-order valence-corrected chi connectivity index (χ3v) is 5.20. The van der Waals surface area contributed by atoms with Gasteiger partial charge in [-0.15, -0.1) is 0 Å². The minimum Gasteiger partial charge on any atom is -0.304 e. The number of nitriles is 1. The Kier molecular flexibility index (Phi) is 2.67. The topological polar surface area (TPSA) is 35.8 Å². The van der Waals surface area contributed by atoms with Crippen molar-refractivity contribution in [2.45, 2.75) is 44.9 Å². The fourth-order valence-corrected chi connectivity index (χ4v) is 5.09. The number of hydrogen-bond donors (Lipinski definition) is 1. The van der Waals surface area contributed by atoms with Crippen LogP contribution in [-0.2, 0) is 0 Å². The van der Waals surface area contributed by atoms with Gasteiger partial charge in [-0.3, -0.25) is 0 Å². The molecular weight excluding hydrogens is 196 g/mol. The first-order chi connectivity index (χ1) is 7.80. The highest BCUT2D eigenvalue weighted by Gasteiger charge is 2.50. The standard InChI is InChI=1S/C14H22N2/c15-2-4-16-3-1-14-8-11-5-12(9-14)7-13(6-11)10-14/h11-13,16H,1,3-10H2. The highest BCUT2D eigenvalue weighted by molar-refractivity contribution is 5.01. The summed E-state index contributed by atoms with van der Waals surface area (Å²) in [5.74, 6) is 3.17. The van der Waals surface area contributed by atoms with Crippen molar-refractivity contribution in [2.24, 2.45) is 23.2 Å². The van der Waals surface area contributed by atoms with Crippen molar-refractivity contribution in [1.29, 1.82) is 5.26 Å². The van der Waals surface area contributed by atoms with E-state index in [4.69, 9.17) is 5.26 Å². The molecule has 2 heteroatoms. The lowest BCUT2D eigenvalue weighted by Gasteiger charge is -2.57. The summed E-state index contributed by atoms with van der Waals surface area (Å²) in [6.45, 7) is 1.58. The first-order valence-corrected chi connectivity index (χ1v) is 6.87. The van der Waals surface area contributed by atoms with E-state index >= 15 is 0 Å². The second-order valence-electron chi connectivity index (χ2n) is 6.50. The summed E-state index contributed by atoms with van der Waals surface area (Å²) in [4.78, 5) is 0. The third-order valence-electron chi connectivity index (χ3n) is 5.20. The van der Waals surface area contributed by atoms with Gasteiger partial charge in [0, 0.05) is 0 Å². The Morgan fingerprint density at radius 2 is 1.62 bits per heavy atom. The lowest BCUT2D eigenvalue weighted by atomic mass is 9.49. The Bertz CT molecular complexity index is 267. The zero-order valence-corrected chi connectivity index (χ0v) is 10.0. The van der Waals surface area contributed by atoms with Gasteiger partial charge in [-0.1, -0.05) is 0 Å². The average Bonchev–Trinajstić information content (AvgIpc) is 2.22. The zero-order chi connectivity index (χ0) is 11.0. The molecule has 4 bridgehead atoms. The van der Waals surface area contributed by atoms with Gasteiger partial charge in [-0.2, -0.15) is 5.26 Å². The van der Waals surface area contributed by atoms with Gasteiger partial charge in [-0.05, 0) is 74.7 Å². The highest BCUT2D eigenvalue weighted by Crippen LogP contribution is 2.61. The Balaban J connectivity index is 1.59. The number of nitrogens with zero attached hydrogens (tertiary/aromatic N) is 1. The molecule has 0 aromatic carbocycles. The molecule has 0 aromatic rings. The van der Waals surface area contributed by atoms with Gasteiger partial charge < -0.3 is 5.32 Å². The highest BCUT2D eigenvalue weighted by atomic mass is 14.8. The number of rotatable bonds is 4. The minimum atomic E-state index is 0.520. The predicted octanol–water partition coefficient (Wildman–Crippen LogP) is 2.71. The van der Waals surface area contributed by atoms with E-state index in [1.165, 1.54) is 44.9 Å². The van der Waals surface area contributed by atoms with Gasteiger partial charge in [0.25, 0.3) is 0 Å². The number of hydrogen-bond acceptors (Lipinski definition) is 2. The van der Waals surface area contributed by atoms with Crippen molar-refractivity contribution in [1.82, 2.24) is 5.32 Å². The Labute approximate surface area is 98.4 Å². The van der Waals surface area contributed by atoms with Crippen LogP contribution in [0.3, 0.4) is 0 Å². The normalized spacial score (nSPS) is 44.6. The van der Waals surface area contributed by atoms with Crippen LogP contribution in [0.2, 0.25) is 0 Å². The van der Waals surface area contributed by atoms with E-state index in [0.29, 0.717) is 12.0 Å². The second kappa shape index (κ2) is 4.04. The van der Waals surface area contributed by atoms with Crippen LogP contribution in [0.4, 0.5) is 0 Å². The van der Waals surface area contributed by atoms with Gasteiger partial charge in [-0.25, -0.2) is 0 Å². The van der Waals surface area contributed by atoms with Gasteiger partial charge in [0.05, 0.1) is 12.6 Å². The molecule has 1 N–H and O–H groups in total. The molecule has 0 amide bonds. The fourth-order valence-electron chi connectivity index (χ4n) is 5.09. The van der Waals surface area contributed by atoms with Crippen LogP contribution in [0.15, 0.2) is 0 Å². The molecular formula is C14H22N2. The molecule has 0 spiro atoms. The van der Waals surface area contributed by atoms with Crippen LogP contribution < -0.4 is 5.32 Å². The summed E-state index contributed by atoms with van der Waals surface area (Å²) < 4.78 is 0. The molecule has 4 aliphatic carbocycles. The van der Waals surface area contributed by atoms with Gasteiger partial charge >= 0.3 is 0 Å². The van der Waals surface area contributed by atoms with Crippen molar-refractivity contribution in [3.05, 3.63) is 0 Å². The molecule has 4 saturated carbocycles. The van der Waals surface area contributed by atoms with E-state index in [-0.39, 0.29) is 0 Å². The maximum Gasteiger partial charge on any atom is 0.0840 e. The largest absolute Gasteiger partial charge is 0.304 e. The van der Waals surface area contributed by atoms with Crippen LogP contribution in [0, 0.1) is 34.5 Å². The Morgan fingerprint density at radius 1 is 1.06 bits per heavy atom. The van der Waals surface area contributed by atoms with Gasteiger partial charge in [0.2, 0.25) is 0 Å². The molecule has 0 atom stereocenters. The predicted molar refractivity (Wildman–Crippen MR) is 63.7 cm³/mol. The number of nitrogens with one attached hydrogen (secondary N) is 1. The second-order valence-corrected chi connectivity index (χ2v) is 6.50. The first-order valence-electron chi connectivity index (χ1n) is 6.87. The van der Waals surface area contributed by atoms with Gasteiger partial charge in [0.1, 0.15) is 0 Å². The molecule has 16 heavy (non-hydrogen) atoms. The van der Waals surface area contributed by atoms with Crippen LogP contribution in [-0.4, -0.2) is 13.1 Å². The van der Waals surface area contributed by atoms with Crippen LogP contribution in [0.25, 0.3) is 0 Å². The summed E-state index contributed by atoms with van der Waals surface area (Å²) >= 11 is 0. The van der Waals surface area contributed by atoms with E-state index in [0.717, 1.165) is 24.3 Å². The molecule has 2 nitrogen and oxygen atoms in total. The van der Waals surface area contributed by atoms with Gasteiger partial charge in [0.15, 0.2) is 0 Å². The zero-order valence-electron chi connectivity index (χ0n) is 10.0.